The molecule has 0 aliphatic carbocycles. The Bertz CT molecular complexity index is 428. The monoisotopic (exact) mass is 265 g/mol. The zero-order chi connectivity index (χ0) is 13.9. The molecule has 0 unspecified atom stereocenters. The third-order valence-corrected chi connectivity index (χ3v) is 3.31. The van der Waals surface area contributed by atoms with Crippen LogP contribution in [0.5, 0.6) is 0 Å². The van der Waals surface area contributed by atoms with Gasteiger partial charge in [0.05, 0.1) is 0 Å². The van der Waals surface area contributed by atoms with Crippen LogP contribution >= 0.6 is 0 Å². The number of nitrogens with one attached hydrogen (secondary N) is 2. The van der Waals surface area contributed by atoms with E-state index in [2.05, 4.69) is 25.4 Å². The number of aromatic nitrogens is 3. The van der Waals surface area contributed by atoms with Crippen LogP contribution in [-0.2, 0) is 5.41 Å². The zero-order valence-corrected chi connectivity index (χ0v) is 12.0. The highest BCUT2D eigenvalue weighted by atomic mass is 16.2. The summed E-state index contributed by atoms with van der Waals surface area (Å²) in [4.78, 5) is 18.5. The second-order valence-corrected chi connectivity index (χ2v) is 6.06. The van der Waals surface area contributed by atoms with Gasteiger partial charge in [-0.25, -0.2) is 4.98 Å². The summed E-state index contributed by atoms with van der Waals surface area (Å²) in [6.07, 6.45) is 2.54. The Morgan fingerprint density at radius 3 is 2.63 bits per heavy atom. The van der Waals surface area contributed by atoms with Gasteiger partial charge in [-0.15, -0.1) is 5.10 Å². The van der Waals surface area contributed by atoms with E-state index in [9.17, 15) is 4.79 Å². The van der Waals surface area contributed by atoms with Crippen molar-refractivity contribution >= 4 is 5.91 Å². The number of H-pyrrole nitrogens is 1. The molecule has 6 heteroatoms. The molecule has 1 saturated heterocycles. The Kier molecular flexibility index (Phi) is 4.19. The summed E-state index contributed by atoms with van der Waals surface area (Å²) in [6.45, 7) is 9.93. The average molecular weight is 265 g/mol. The first-order valence-corrected chi connectivity index (χ1v) is 6.90. The van der Waals surface area contributed by atoms with Gasteiger partial charge in [0.25, 0.3) is 5.91 Å². The Balaban J connectivity index is 1.81. The van der Waals surface area contributed by atoms with Gasteiger partial charge >= 0.3 is 0 Å². The summed E-state index contributed by atoms with van der Waals surface area (Å²) in [6, 6.07) is 0. The van der Waals surface area contributed by atoms with Crippen LogP contribution in [0.25, 0.3) is 0 Å². The maximum atomic E-state index is 11.9. The van der Waals surface area contributed by atoms with Gasteiger partial charge in [-0.05, 0) is 25.9 Å². The van der Waals surface area contributed by atoms with Crippen molar-refractivity contribution in [3.8, 4) is 0 Å². The molecule has 0 saturated carbocycles. The summed E-state index contributed by atoms with van der Waals surface area (Å²) in [5, 5.41) is 9.66. The molecule has 1 aliphatic rings. The van der Waals surface area contributed by atoms with Crippen LogP contribution in [0.2, 0.25) is 0 Å². The van der Waals surface area contributed by atoms with Crippen LogP contribution in [0.4, 0.5) is 0 Å². The van der Waals surface area contributed by atoms with Crippen molar-refractivity contribution in [1.82, 2.24) is 25.4 Å². The highest BCUT2D eigenvalue weighted by Crippen LogP contribution is 2.17. The third kappa shape index (κ3) is 3.76. The van der Waals surface area contributed by atoms with Gasteiger partial charge in [0.2, 0.25) is 5.82 Å². The molecule has 0 spiro atoms. The number of aromatic amines is 1. The van der Waals surface area contributed by atoms with Crippen LogP contribution in [0, 0.1) is 0 Å². The maximum Gasteiger partial charge on any atom is 0.291 e. The van der Waals surface area contributed by atoms with Crippen molar-refractivity contribution in [3.63, 3.8) is 0 Å². The third-order valence-electron chi connectivity index (χ3n) is 3.31. The fraction of sp³-hybridized carbons (Fsp3) is 0.769. The summed E-state index contributed by atoms with van der Waals surface area (Å²) < 4.78 is 0. The Labute approximate surface area is 114 Å². The molecule has 0 radical (unpaired) electrons. The number of rotatable bonds is 4. The summed E-state index contributed by atoms with van der Waals surface area (Å²) in [7, 11) is 0. The molecule has 1 aromatic rings. The van der Waals surface area contributed by atoms with Gasteiger partial charge in [-0.1, -0.05) is 20.8 Å². The number of amides is 1. The molecule has 0 bridgehead atoms. The van der Waals surface area contributed by atoms with E-state index in [1.807, 2.05) is 20.8 Å². The molecule has 0 aromatic carbocycles. The summed E-state index contributed by atoms with van der Waals surface area (Å²) in [5.41, 5.74) is -0.124. The van der Waals surface area contributed by atoms with Gasteiger partial charge < -0.3 is 10.2 Å². The minimum Gasteiger partial charge on any atom is -0.348 e. The zero-order valence-electron chi connectivity index (χ0n) is 12.0. The predicted molar refractivity (Wildman–Crippen MR) is 73.1 cm³/mol. The van der Waals surface area contributed by atoms with Crippen molar-refractivity contribution < 1.29 is 4.79 Å². The van der Waals surface area contributed by atoms with Crippen LogP contribution in [0.1, 0.15) is 50.1 Å². The normalized spacial score (nSPS) is 16.8. The van der Waals surface area contributed by atoms with Crippen LogP contribution in [0.3, 0.4) is 0 Å². The molecule has 2 rings (SSSR count). The topological polar surface area (TPSA) is 73.9 Å². The van der Waals surface area contributed by atoms with Crippen molar-refractivity contribution in [1.29, 1.82) is 0 Å². The van der Waals surface area contributed by atoms with Crippen molar-refractivity contribution in [2.75, 3.05) is 26.2 Å². The van der Waals surface area contributed by atoms with Crippen LogP contribution in [0.15, 0.2) is 0 Å². The highest BCUT2D eigenvalue weighted by molar-refractivity contribution is 5.90. The van der Waals surface area contributed by atoms with E-state index in [0.717, 1.165) is 25.5 Å². The van der Waals surface area contributed by atoms with Crippen LogP contribution < -0.4 is 5.32 Å². The van der Waals surface area contributed by atoms with Gasteiger partial charge in [0.1, 0.15) is 5.82 Å². The van der Waals surface area contributed by atoms with E-state index < -0.39 is 0 Å². The Morgan fingerprint density at radius 2 is 2.05 bits per heavy atom. The summed E-state index contributed by atoms with van der Waals surface area (Å²) in [5.74, 6) is 0.759. The first-order chi connectivity index (χ1) is 8.97. The number of hydrogen-bond acceptors (Lipinski definition) is 4. The van der Waals surface area contributed by atoms with Gasteiger partial charge in [0.15, 0.2) is 0 Å². The fourth-order valence-electron chi connectivity index (χ4n) is 2.11. The second-order valence-electron chi connectivity index (χ2n) is 6.06. The predicted octanol–water partition coefficient (Wildman–Crippen LogP) is 0.928. The number of nitrogens with zero attached hydrogens (tertiary/aromatic N) is 3. The Hall–Kier alpha value is -1.43. The molecule has 2 N–H and O–H groups in total. The number of hydrogen-bond donors (Lipinski definition) is 2. The number of carbonyl (C=O) groups is 1. The lowest BCUT2D eigenvalue weighted by atomic mass is 9.96. The van der Waals surface area contributed by atoms with E-state index in [0.29, 0.717) is 6.54 Å². The Morgan fingerprint density at radius 1 is 1.37 bits per heavy atom. The van der Waals surface area contributed by atoms with Gasteiger partial charge in [-0.2, -0.15) is 0 Å². The quantitative estimate of drug-likeness (QED) is 0.849. The molecule has 106 valence electrons. The molecule has 6 nitrogen and oxygen atoms in total. The molecule has 19 heavy (non-hydrogen) atoms. The molecular weight excluding hydrogens is 242 g/mol. The molecule has 1 aromatic heterocycles. The van der Waals surface area contributed by atoms with E-state index >= 15 is 0 Å². The molecule has 1 amide bonds. The molecule has 1 fully saturated rings. The largest absolute Gasteiger partial charge is 0.348 e. The molecule has 1 aliphatic heterocycles. The lowest BCUT2D eigenvalue weighted by Crippen LogP contribution is -2.34. The van der Waals surface area contributed by atoms with Crippen molar-refractivity contribution in [2.24, 2.45) is 0 Å². The van der Waals surface area contributed by atoms with E-state index in [1.165, 1.54) is 12.8 Å². The summed E-state index contributed by atoms with van der Waals surface area (Å²) >= 11 is 0. The SMILES string of the molecule is CC(C)(C)c1nc(C(=O)NCCN2CCCC2)n[nH]1. The van der Waals surface area contributed by atoms with Gasteiger partial charge in [0, 0.05) is 18.5 Å². The van der Waals surface area contributed by atoms with Gasteiger partial charge in [-0.3, -0.25) is 9.89 Å². The fourth-order valence-corrected chi connectivity index (χ4v) is 2.11. The standard InChI is InChI=1S/C13H23N5O/c1-13(2,3)12-15-10(16-17-12)11(19)14-6-9-18-7-4-5-8-18/h4-9H2,1-3H3,(H,14,19)(H,15,16,17). The molecular formula is C13H23N5O. The van der Waals surface area contributed by atoms with Crippen LogP contribution in [-0.4, -0.2) is 52.2 Å². The molecule has 0 atom stereocenters. The molecule has 2 heterocycles. The van der Waals surface area contributed by atoms with Crippen molar-refractivity contribution in [3.05, 3.63) is 11.6 Å². The van der Waals surface area contributed by atoms with E-state index in [4.69, 9.17) is 0 Å². The van der Waals surface area contributed by atoms with Crippen molar-refractivity contribution in [2.45, 2.75) is 39.0 Å². The first-order valence-electron chi connectivity index (χ1n) is 6.90. The maximum absolute atomic E-state index is 11.9. The lowest BCUT2D eigenvalue weighted by Gasteiger charge is -2.14. The number of carbonyl (C=O) groups excluding carboxylic acids is 1. The first kappa shape index (κ1) is 14.0. The lowest BCUT2D eigenvalue weighted by molar-refractivity contribution is 0.0939. The minimum atomic E-state index is -0.203. The second kappa shape index (κ2) is 5.69. The highest BCUT2D eigenvalue weighted by Gasteiger charge is 2.21. The van der Waals surface area contributed by atoms with E-state index in [1.54, 1.807) is 0 Å². The smallest absolute Gasteiger partial charge is 0.291 e. The van der Waals surface area contributed by atoms with E-state index in [-0.39, 0.29) is 17.1 Å². The number of likely N-dealkylation sites (tertiary alicyclic amines) is 1. The minimum absolute atomic E-state index is 0.124. The average Bonchev–Trinajstić information content (AvgIpc) is 2.99.